The molecule has 0 saturated carbocycles. The largest absolute Gasteiger partial charge is 0.375 e. The smallest absolute Gasteiger partial charge is 0.253 e. The molecule has 1 amide bonds. The normalized spacial score (nSPS) is 11.9. The zero-order valence-electron chi connectivity index (χ0n) is 17.5. The van der Waals surface area contributed by atoms with Crippen molar-refractivity contribution in [2.24, 2.45) is 4.99 Å². The predicted octanol–water partition coefficient (Wildman–Crippen LogP) is 3.10. The van der Waals surface area contributed by atoms with Crippen LogP contribution in [0.25, 0.3) is 0 Å². The number of methoxy groups -OCH3 is 1. The number of halogens is 1. The molecule has 158 valence electrons. The maximum absolute atomic E-state index is 12.1. The Labute approximate surface area is 190 Å². The van der Waals surface area contributed by atoms with Gasteiger partial charge in [0.15, 0.2) is 5.96 Å². The Hall–Kier alpha value is -2.13. The zero-order valence-corrected chi connectivity index (χ0v) is 19.8. The third-order valence-corrected chi connectivity index (χ3v) is 4.42. The van der Waals surface area contributed by atoms with Gasteiger partial charge in [-0.1, -0.05) is 42.5 Å². The Morgan fingerprint density at radius 2 is 1.83 bits per heavy atom. The summed E-state index contributed by atoms with van der Waals surface area (Å²) in [6.45, 7) is 1.33. The number of benzene rings is 2. The van der Waals surface area contributed by atoms with Crippen molar-refractivity contribution in [3.8, 4) is 0 Å². The van der Waals surface area contributed by atoms with Crippen LogP contribution >= 0.6 is 24.0 Å². The lowest BCUT2D eigenvalue weighted by Crippen LogP contribution is -2.40. The van der Waals surface area contributed by atoms with E-state index in [-0.39, 0.29) is 36.0 Å². The first-order valence-corrected chi connectivity index (χ1v) is 9.38. The molecule has 0 aliphatic carbocycles. The van der Waals surface area contributed by atoms with E-state index in [0.29, 0.717) is 18.7 Å². The summed E-state index contributed by atoms with van der Waals surface area (Å²) in [6, 6.07) is 17.8. The van der Waals surface area contributed by atoms with Gasteiger partial charge < -0.3 is 20.3 Å². The van der Waals surface area contributed by atoms with Gasteiger partial charge in [0.05, 0.1) is 6.10 Å². The highest BCUT2D eigenvalue weighted by atomic mass is 127. The molecule has 0 spiro atoms. The van der Waals surface area contributed by atoms with Gasteiger partial charge in [0, 0.05) is 46.9 Å². The molecular formula is C22H31IN4O2. The van der Waals surface area contributed by atoms with Crippen LogP contribution in [0.4, 0.5) is 0 Å². The molecule has 2 aromatic carbocycles. The van der Waals surface area contributed by atoms with Crippen LogP contribution in [0.2, 0.25) is 0 Å². The number of nitrogens with zero attached hydrogens (tertiary/aromatic N) is 2. The number of hydrogen-bond donors (Lipinski definition) is 2. The number of amides is 1. The van der Waals surface area contributed by atoms with E-state index in [1.54, 1.807) is 33.2 Å². The van der Waals surface area contributed by atoms with Gasteiger partial charge in [0.1, 0.15) is 0 Å². The topological polar surface area (TPSA) is 66.0 Å². The van der Waals surface area contributed by atoms with E-state index in [1.165, 1.54) is 0 Å². The maximum Gasteiger partial charge on any atom is 0.253 e. The minimum atomic E-state index is -0.0477. The van der Waals surface area contributed by atoms with E-state index < -0.39 is 0 Å². The molecule has 2 N–H and O–H groups in total. The van der Waals surface area contributed by atoms with Gasteiger partial charge in [0.2, 0.25) is 0 Å². The van der Waals surface area contributed by atoms with Crippen LogP contribution in [0.5, 0.6) is 0 Å². The second-order valence-electron chi connectivity index (χ2n) is 6.66. The Morgan fingerprint density at radius 1 is 1.10 bits per heavy atom. The van der Waals surface area contributed by atoms with Crippen LogP contribution in [-0.2, 0) is 11.2 Å². The summed E-state index contributed by atoms with van der Waals surface area (Å²) in [4.78, 5) is 17.9. The Morgan fingerprint density at radius 3 is 2.45 bits per heavy atom. The molecule has 2 rings (SSSR count). The SMILES string of the molecule is CN=C(NCCc1cccc(C(=O)N(C)C)c1)NCC(OC)c1ccccc1.I. The van der Waals surface area contributed by atoms with Gasteiger partial charge in [-0.05, 0) is 29.7 Å². The Kier molecular flexibility index (Phi) is 11.3. The molecule has 29 heavy (non-hydrogen) atoms. The molecule has 6 nitrogen and oxygen atoms in total. The molecule has 2 aromatic rings. The standard InChI is InChI=1S/C22H30N4O2.HI/c1-23-22(25-16-20(28-4)18-10-6-5-7-11-18)24-14-13-17-9-8-12-19(15-17)21(27)26(2)3;/h5-12,15,20H,13-14,16H2,1-4H3,(H2,23,24,25);1H. The Bertz CT molecular complexity index is 781. The lowest BCUT2D eigenvalue weighted by Gasteiger charge is -2.19. The van der Waals surface area contributed by atoms with Gasteiger partial charge in [-0.3, -0.25) is 9.79 Å². The highest BCUT2D eigenvalue weighted by molar-refractivity contribution is 14.0. The van der Waals surface area contributed by atoms with Crippen LogP contribution < -0.4 is 10.6 Å². The quantitative estimate of drug-likeness (QED) is 0.326. The molecule has 0 aromatic heterocycles. The Balaban J connectivity index is 0.00000420. The fourth-order valence-corrected chi connectivity index (χ4v) is 2.86. The van der Waals surface area contributed by atoms with E-state index in [1.807, 2.05) is 54.6 Å². The van der Waals surface area contributed by atoms with Crippen molar-refractivity contribution >= 4 is 35.8 Å². The van der Waals surface area contributed by atoms with Crippen molar-refractivity contribution < 1.29 is 9.53 Å². The molecule has 1 unspecified atom stereocenters. The molecule has 7 heteroatoms. The van der Waals surface area contributed by atoms with E-state index in [9.17, 15) is 4.79 Å². The summed E-state index contributed by atoms with van der Waals surface area (Å²) in [5.41, 5.74) is 2.93. The van der Waals surface area contributed by atoms with E-state index in [0.717, 1.165) is 23.5 Å². The van der Waals surface area contributed by atoms with Crippen molar-refractivity contribution in [3.05, 3.63) is 71.3 Å². The molecule has 0 radical (unpaired) electrons. The molecule has 0 aliphatic rings. The second kappa shape index (κ2) is 13.2. The van der Waals surface area contributed by atoms with Crippen LogP contribution in [0.15, 0.2) is 59.6 Å². The number of hydrogen-bond acceptors (Lipinski definition) is 3. The van der Waals surface area contributed by atoms with Gasteiger partial charge in [-0.2, -0.15) is 0 Å². The third-order valence-electron chi connectivity index (χ3n) is 4.42. The first-order chi connectivity index (χ1) is 13.5. The fourth-order valence-electron chi connectivity index (χ4n) is 2.86. The summed E-state index contributed by atoms with van der Waals surface area (Å²) in [6.07, 6.45) is 0.746. The van der Waals surface area contributed by atoms with E-state index >= 15 is 0 Å². The summed E-state index contributed by atoms with van der Waals surface area (Å²) < 4.78 is 5.58. The third kappa shape index (κ3) is 8.02. The van der Waals surface area contributed by atoms with Crippen molar-refractivity contribution in [1.29, 1.82) is 0 Å². The predicted molar refractivity (Wildman–Crippen MR) is 129 cm³/mol. The van der Waals surface area contributed by atoms with Crippen LogP contribution in [0, 0.1) is 0 Å². The highest BCUT2D eigenvalue weighted by Gasteiger charge is 2.11. The van der Waals surface area contributed by atoms with E-state index in [2.05, 4.69) is 15.6 Å². The van der Waals surface area contributed by atoms with E-state index in [4.69, 9.17) is 4.74 Å². The number of aliphatic imine (C=N–C) groups is 1. The van der Waals surface area contributed by atoms with Crippen LogP contribution in [-0.4, -0.2) is 58.1 Å². The minimum Gasteiger partial charge on any atom is -0.375 e. The zero-order chi connectivity index (χ0) is 20.4. The monoisotopic (exact) mass is 510 g/mol. The summed E-state index contributed by atoms with van der Waals surface area (Å²) >= 11 is 0. The first-order valence-electron chi connectivity index (χ1n) is 9.38. The molecular weight excluding hydrogens is 479 g/mol. The van der Waals surface area contributed by atoms with Gasteiger partial charge in [-0.25, -0.2) is 0 Å². The molecule has 0 heterocycles. The lowest BCUT2D eigenvalue weighted by atomic mass is 10.1. The molecule has 0 aliphatic heterocycles. The number of carbonyl (C=O) groups excluding carboxylic acids is 1. The van der Waals surface area contributed by atoms with Crippen molar-refractivity contribution in [1.82, 2.24) is 15.5 Å². The van der Waals surface area contributed by atoms with Crippen molar-refractivity contribution in [2.45, 2.75) is 12.5 Å². The van der Waals surface area contributed by atoms with Gasteiger partial charge >= 0.3 is 0 Å². The summed E-state index contributed by atoms with van der Waals surface area (Å²) in [5, 5.41) is 6.61. The maximum atomic E-state index is 12.1. The highest BCUT2D eigenvalue weighted by Crippen LogP contribution is 2.14. The number of ether oxygens (including phenoxy) is 1. The number of rotatable bonds is 8. The van der Waals surface area contributed by atoms with Crippen molar-refractivity contribution in [2.75, 3.05) is 41.3 Å². The average Bonchev–Trinajstić information content (AvgIpc) is 2.73. The molecule has 0 saturated heterocycles. The van der Waals surface area contributed by atoms with Gasteiger partial charge in [0.25, 0.3) is 5.91 Å². The van der Waals surface area contributed by atoms with Crippen LogP contribution in [0.3, 0.4) is 0 Å². The summed E-state index contributed by atoms with van der Waals surface area (Å²) in [7, 11) is 6.97. The molecule has 0 bridgehead atoms. The van der Waals surface area contributed by atoms with Gasteiger partial charge in [-0.15, -0.1) is 24.0 Å². The second-order valence-corrected chi connectivity index (χ2v) is 6.66. The molecule has 0 fully saturated rings. The number of guanidine groups is 1. The average molecular weight is 510 g/mol. The summed E-state index contributed by atoms with van der Waals surface area (Å²) in [5.74, 6) is 0.734. The van der Waals surface area contributed by atoms with Crippen molar-refractivity contribution in [3.63, 3.8) is 0 Å². The fraction of sp³-hybridized carbons (Fsp3) is 0.364. The van der Waals surface area contributed by atoms with Crippen LogP contribution in [0.1, 0.15) is 27.6 Å². The molecule has 1 atom stereocenters. The minimum absolute atomic E-state index is 0. The first kappa shape index (κ1) is 24.9. The number of carbonyl (C=O) groups is 1. The number of nitrogens with one attached hydrogen (secondary N) is 2. The lowest BCUT2D eigenvalue weighted by molar-refractivity contribution is 0.0827.